The van der Waals surface area contributed by atoms with Gasteiger partial charge in [-0.15, -0.1) is 0 Å². The minimum atomic E-state index is -1.43. The molecule has 0 bridgehead atoms. The zero-order chi connectivity index (χ0) is 42.7. The van der Waals surface area contributed by atoms with E-state index in [0.29, 0.717) is 55.4 Å². The summed E-state index contributed by atoms with van der Waals surface area (Å²) in [6, 6.07) is 25.1. The Balaban J connectivity index is 0.000000210. The van der Waals surface area contributed by atoms with Gasteiger partial charge in [0.2, 0.25) is 0 Å². The van der Waals surface area contributed by atoms with E-state index in [0.717, 1.165) is 22.8 Å². The lowest BCUT2D eigenvalue weighted by atomic mass is 9.80. The summed E-state index contributed by atoms with van der Waals surface area (Å²) in [6.45, 7) is 8.25. The van der Waals surface area contributed by atoms with E-state index in [1.165, 1.54) is 21.3 Å². The first kappa shape index (κ1) is 44.7. The Morgan fingerprint density at radius 2 is 1.10 bits per heavy atom. The average molecular weight is 811 g/mol. The number of rotatable bonds is 10. The Hall–Kier alpha value is -6.03. The Morgan fingerprint density at radius 1 is 0.621 bits per heavy atom. The van der Waals surface area contributed by atoms with Crippen molar-refractivity contribution in [1.29, 1.82) is 0 Å². The van der Waals surface area contributed by atoms with Crippen LogP contribution in [-0.4, -0.2) is 104 Å². The lowest BCUT2D eigenvalue weighted by Crippen LogP contribution is -2.29. The molecule has 0 unspecified atom stereocenters. The van der Waals surface area contributed by atoms with Crippen molar-refractivity contribution in [2.45, 2.75) is 39.8 Å². The maximum absolute atomic E-state index is 11.8. The minimum Gasteiger partial charge on any atom is -0.497 e. The molecular weight excluding hydrogens is 763 g/mol. The number of fused-ring (bicyclic) bond motifs is 2. The Labute approximate surface area is 343 Å². The van der Waals surface area contributed by atoms with Gasteiger partial charge in [-0.05, 0) is 93.8 Å². The summed E-state index contributed by atoms with van der Waals surface area (Å²) in [6.07, 6.45) is 0. The zero-order valence-electron chi connectivity index (χ0n) is 34.2. The van der Waals surface area contributed by atoms with Gasteiger partial charge in [0.1, 0.15) is 17.2 Å². The van der Waals surface area contributed by atoms with Crippen molar-refractivity contribution in [2.75, 3.05) is 52.3 Å². The van der Waals surface area contributed by atoms with Gasteiger partial charge in [-0.1, -0.05) is 35.9 Å². The third-order valence-corrected chi connectivity index (χ3v) is 9.30. The second kappa shape index (κ2) is 20.4. The van der Waals surface area contributed by atoms with Gasteiger partial charge in [0.15, 0.2) is 16.8 Å². The molecule has 4 aromatic carbocycles. The molecule has 2 aromatic heterocycles. The predicted octanol–water partition coefficient (Wildman–Crippen LogP) is 6.23. The summed E-state index contributed by atoms with van der Waals surface area (Å²) in [7, 11) is 8.33. The molecule has 304 valence electrons. The van der Waals surface area contributed by atoms with Crippen molar-refractivity contribution in [2.24, 2.45) is 0 Å². The molecule has 0 radical (unpaired) electrons. The first-order chi connectivity index (χ1) is 27.6. The molecule has 0 spiro atoms. The van der Waals surface area contributed by atoms with E-state index >= 15 is 0 Å². The molecule has 2 heterocycles. The molecule has 0 atom stereocenters. The van der Waals surface area contributed by atoms with Gasteiger partial charge in [0.25, 0.3) is 0 Å². The standard InChI is InChI=1S/C21H23N3O3.C14H16ClN3O2.C7H9BO3/c1-13(2)24(3)20-19(14-7-6-8-16(11-14)26-4)22-17-10-9-15(21(25)27-5)12-18(17)23-20;1-8(2)18(3)13-12(15)16-10-6-5-9(14(19)20-4)7-11(10)17-13;1-11-7-4-2-3-6(5-7)8(9)10/h6-13H,1-5H3;5-8H,1-4H3;2-5,9-10H,1H3. The van der Waals surface area contributed by atoms with Gasteiger partial charge in [0, 0.05) is 31.7 Å². The number of aromatic nitrogens is 4. The van der Waals surface area contributed by atoms with Gasteiger partial charge in [-0.25, -0.2) is 29.5 Å². The number of methoxy groups -OCH3 is 4. The number of nitrogens with zero attached hydrogens (tertiary/aromatic N) is 6. The fourth-order valence-corrected chi connectivity index (χ4v) is 5.55. The van der Waals surface area contributed by atoms with Crippen LogP contribution in [-0.2, 0) is 9.47 Å². The number of hydrogen-bond acceptors (Lipinski definition) is 14. The van der Waals surface area contributed by atoms with E-state index in [1.807, 2.05) is 57.1 Å². The maximum atomic E-state index is 11.8. The van der Waals surface area contributed by atoms with Crippen LogP contribution in [0.15, 0.2) is 84.9 Å². The van der Waals surface area contributed by atoms with E-state index in [4.69, 9.17) is 50.6 Å². The number of ether oxygens (including phenoxy) is 4. The molecule has 14 nitrogen and oxygen atoms in total. The summed E-state index contributed by atoms with van der Waals surface area (Å²) in [5.41, 5.74) is 5.62. The van der Waals surface area contributed by atoms with Crippen LogP contribution in [0.5, 0.6) is 11.5 Å². The SMILES string of the molecule is COC(=O)c1ccc2nc(-c3cccc(OC)c3)c(N(C)C(C)C)nc2c1.COC(=O)c1ccc2nc(Cl)c(N(C)C(C)C)nc2c1.COc1cccc(B(O)O)c1. The van der Waals surface area contributed by atoms with Gasteiger partial charge in [-0.2, -0.15) is 0 Å². The molecule has 0 aliphatic carbocycles. The number of benzene rings is 4. The van der Waals surface area contributed by atoms with Crippen molar-refractivity contribution < 1.29 is 38.6 Å². The van der Waals surface area contributed by atoms with Gasteiger partial charge < -0.3 is 38.8 Å². The van der Waals surface area contributed by atoms with Gasteiger partial charge in [0.05, 0.1) is 61.6 Å². The van der Waals surface area contributed by atoms with E-state index in [9.17, 15) is 9.59 Å². The van der Waals surface area contributed by atoms with Crippen molar-refractivity contribution >= 4 is 69.8 Å². The molecule has 58 heavy (non-hydrogen) atoms. The summed E-state index contributed by atoms with van der Waals surface area (Å²) in [5.74, 6) is 1.92. The Morgan fingerprint density at radius 3 is 1.60 bits per heavy atom. The molecule has 6 rings (SSSR count). The highest BCUT2D eigenvalue weighted by molar-refractivity contribution is 6.58. The van der Waals surface area contributed by atoms with E-state index in [1.54, 1.807) is 67.8 Å². The van der Waals surface area contributed by atoms with Crippen LogP contribution in [0.2, 0.25) is 5.15 Å². The van der Waals surface area contributed by atoms with Crippen LogP contribution in [0.3, 0.4) is 0 Å². The van der Waals surface area contributed by atoms with Crippen LogP contribution < -0.4 is 24.7 Å². The van der Waals surface area contributed by atoms with E-state index in [2.05, 4.69) is 28.7 Å². The molecule has 0 amide bonds. The number of esters is 2. The average Bonchev–Trinajstić information content (AvgIpc) is 3.24. The second-order valence-electron chi connectivity index (χ2n) is 13.4. The molecule has 16 heteroatoms. The summed E-state index contributed by atoms with van der Waals surface area (Å²) in [4.78, 5) is 45.9. The Kier molecular flexibility index (Phi) is 15.7. The normalized spacial score (nSPS) is 10.6. The highest BCUT2D eigenvalue weighted by Gasteiger charge is 2.19. The van der Waals surface area contributed by atoms with Crippen LogP contribution in [0.4, 0.5) is 11.6 Å². The number of carbonyl (C=O) groups excluding carboxylic acids is 2. The monoisotopic (exact) mass is 810 g/mol. The van der Waals surface area contributed by atoms with Crippen LogP contribution in [0.1, 0.15) is 48.4 Å². The van der Waals surface area contributed by atoms with Crippen molar-refractivity contribution in [3.63, 3.8) is 0 Å². The fourth-order valence-electron chi connectivity index (χ4n) is 5.28. The van der Waals surface area contributed by atoms with Crippen molar-refractivity contribution in [1.82, 2.24) is 19.9 Å². The number of hydrogen-bond donors (Lipinski definition) is 2. The van der Waals surface area contributed by atoms with Gasteiger partial charge >= 0.3 is 19.1 Å². The zero-order valence-corrected chi connectivity index (χ0v) is 35.0. The Bertz CT molecular complexity index is 2360. The van der Waals surface area contributed by atoms with Crippen LogP contribution >= 0.6 is 11.6 Å². The largest absolute Gasteiger partial charge is 0.497 e. The van der Waals surface area contributed by atoms with Crippen molar-refractivity contribution in [3.05, 3.63) is 101 Å². The quantitative estimate of drug-likeness (QED) is 0.118. The molecule has 0 saturated carbocycles. The maximum Gasteiger partial charge on any atom is 0.488 e. The second-order valence-corrected chi connectivity index (χ2v) is 13.8. The van der Waals surface area contributed by atoms with Gasteiger partial charge in [-0.3, -0.25) is 0 Å². The summed E-state index contributed by atoms with van der Waals surface area (Å²) < 4.78 is 19.7. The van der Waals surface area contributed by atoms with Crippen LogP contribution in [0, 0.1) is 0 Å². The smallest absolute Gasteiger partial charge is 0.488 e. The molecule has 6 aromatic rings. The molecule has 0 aliphatic rings. The summed E-state index contributed by atoms with van der Waals surface area (Å²) >= 11 is 6.16. The summed E-state index contributed by atoms with van der Waals surface area (Å²) in [5, 5.41) is 17.8. The molecule has 0 aliphatic heterocycles. The molecule has 0 saturated heterocycles. The topological polar surface area (TPSA) is 170 Å². The van der Waals surface area contributed by atoms with Crippen LogP contribution in [0.25, 0.3) is 33.3 Å². The third kappa shape index (κ3) is 11.1. The molecular formula is C42H48BClN6O8. The molecule has 0 fully saturated rings. The predicted molar refractivity (Wildman–Crippen MR) is 229 cm³/mol. The first-order valence-corrected chi connectivity index (χ1v) is 18.6. The third-order valence-electron chi connectivity index (χ3n) is 9.05. The highest BCUT2D eigenvalue weighted by Crippen LogP contribution is 2.32. The molecule has 2 N–H and O–H groups in total. The number of anilines is 2. The minimum absolute atomic E-state index is 0.227. The lowest BCUT2D eigenvalue weighted by molar-refractivity contribution is 0.0592. The fraction of sp³-hybridized carbons (Fsp3) is 0.286. The number of halogens is 1. The van der Waals surface area contributed by atoms with E-state index in [-0.39, 0.29) is 12.1 Å². The van der Waals surface area contributed by atoms with Crippen molar-refractivity contribution in [3.8, 4) is 22.8 Å². The number of carbonyl (C=O) groups is 2. The lowest BCUT2D eigenvalue weighted by Gasteiger charge is -2.25. The van der Waals surface area contributed by atoms with E-state index < -0.39 is 19.1 Å². The first-order valence-electron chi connectivity index (χ1n) is 18.2. The highest BCUT2D eigenvalue weighted by atomic mass is 35.5.